The molecule has 0 saturated carbocycles. The Kier molecular flexibility index (Phi) is 3.55. The lowest BCUT2D eigenvalue weighted by atomic mass is 10.1. The number of rotatable bonds is 2. The molecular formula is C12H16O2. The van der Waals surface area contributed by atoms with Crippen LogP contribution in [0.4, 0.5) is 0 Å². The van der Waals surface area contributed by atoms with Crippen molar-refractivity contribution in [2.45, 2.75) is 18.9 Å². The van der Waals surface area contributed by atoms with Crippen LogP contribution in [0.25, 0.3) is 0 Å². The summed E-state index contributed by atoms with van der Waals surface area (Å²) in [5.41, 5.74) is 1.32. The Morgan fingerprint density at radius 3 is 2.86 bits per heavy atom. The fraction of sp³-hybridized carbons (Fsp3) is 0.500. The Morgan fingerprint density at radius 2 is 2.00 bits per heavy atom. The van der Waals surface area contributed by atoms with Crippen molar-refractivity contribution >= 4 is 0 Å². The maximum atomic E-state index is 5.68. The summed E-state index contributed by atoms with van der Waals surface area (Å²) in [6.45, 7) is 2.40. The van der Waals surface area contributed by atoms with Crippen molar-refractivity contribution in [3.8, 4) is 0 Å². The molecule has 1 aromatic rings. The summed E-state index contributed by atoms with van der Waals surface area (Å²) in [5, 5.41) is 0. The van der Waals surface area contributed by atoms with Gasteiger partial charge in [0.05, 0.1) is 12.7 Å². The van der Waals surface area contributed by atoms with Crippen LogP contribution in [0.2, 0.25) is 0 Å². The fourth-order valence-corrected chi connectivity index (χ4v) is 1.67. The fourth-order valence-electron chi connectivity index (χ4n) is 1.67. The molecule has 1 aliphatic heterocycles. The highest BCUT2D eigenvalue weighted by Gasteiger charge is 2.13. The number of benzene rings is 1. The molecule has 0 spiro atoms. The summed E-state index contributed by atoms with van der Waals surface area (Å²) in [6, 6.07) is 10.4. The molecule has 1 atom stereocenters. The largest absolute Gasteiger partial charge is 0.379 e. The van der Waals surface area contributed by atoms with E-state index in [9.17, 15) is 0 Å². The van der Waals surface area contributed by atoms with Crippen LogP contribution in [0.3, 0.4) is 0 Å². The lowest BCUT2D eigenvalue weighted by Gasteiger charge is -2.13. The minimum atomic E-state index is 0.236. The van der Waals surface area contributed by atoms with E-state index in [4.69, 9.17) is 9.47 Å². The van der Waals surface area contributed by atoms with Gasteiger partial charge in [0.2, 0.25) is 0 Å². The molecular weight excluding hydrogens is 176 g/mol. The summed E-state index contributed by atoms with van der Waals surface area (Å²) < 4.78 is 11.1. The monoisotopic (exact) mass is 192 g/mol. The molecule has 0 N–H and O–H groups in total. The van der Waals surface area contributed by atoms with Crippen LogP contribution in [-0.2, 0) is 15.9 Å². The molecule has 1 aliphatic rings. The molecule has 1 saturated heterocycles. The van der Waals surface area contributed by atoms with Gasteiger partial charge in [-0.05, 0) is 12.0 Å². The molecule has 1 unspecified atom stereocenters. The average molecular weight is 192 g/mol. The molecule has 1 fully saturated rings. The molecule has 14 heavy (non-hydrogen) atoms. The Hall–Kier alpha value is -0.860. The molecule has 1 heterocycles. The molecule has 76 valence electrons. The molecule has 2 nitrogen and oxygen atoms in total. The number of ether oxygens (including phenoxy) is 2. The van der Waals surface area contributed by atoms with Gasteiger partial charge in [-0.3, -0.25) is 0 Å². The maximum Gasteiger partial charge on any atom is 0.0848 e. The van der Waals surface area contributed by atoms with Crippen LogP contribution < -0.4 is 0 Å². The van der Waals surface area contributed by atoms with Crippen molar-refractivity contribution in [3.63, 3.8) is 0 Å². The third-order valence-corrected chi connectivity index (χ3v) is 2.40. The summed E-state index contributed by atoms with van der Waals surface area (Å²) in [7, 11) is 0. The Bertz CT molecular complexity index is 250. The second kappa shape index (κ2) is 5.13. The molecule has 2 rings (SSSR count). The van der Waals surface area contributed by atoms with E-state index in [0.717, 1.165) is 32.7 Å². The van der Waals surface area contributed by atoms with Crippen LogP contribution in [0.5, 0.6) is 0 Å². The molecule has 2 heteroatoms. The molecule has 0 radical (unpaired) electrons. The third-order valence-electron chi connectivity index (χ3n) is 2.40. The van der Waals surface area contributed by atoms with Gasteiger partial charge in [0.1, 0.15) is 0 Å². The van der Waals surface area contributed by atoms with Crippen molar-refractivity contribution in [2.24, 2.45) is 0 Å². The van der Waals surface area contributed by atoms with Gasteiger partial charge in [-0.1, -0.05) is 30.3 Å². The van der Waals surface area contributed by atoms with Gasteiger partial charge in [-0.15, -0.1) is 0 Å². The summed E-state index contributed by atoms with van der Waals surface area (Å²) >= 11 is 0. The van der Waals surface area contributed by atoms with Gasteiger partial charge in [-0.2, -0.15) is 0 Å². The smallest absolute Gasteiger partial charge is 0.0848 e. The van der Waals surface area contributed by atoms with Gasteiger partial charge < -0.3 is 9.47 Å². The zero-order valence-corrected chi connectivity index (χ0v) is 8.32. The van der Waals surface area contributed by atoms with E-state index in [1.54, 1.807) is 0 Å². The first-order valence-electron chi connectivity index (χ1n) is 5.18. The van der Waals surface area contributed by atoms with E-state index in [1.807, 2.05) is 6.07 Å². The number of hydrogen-bond acceptors (Lipinski definition) is 2. The van der Waals surface area contributed by atoms with Gasteiger partial charge >= 0.3 is 0 Å². The highest BCUT2D eigenvalue weighted by molar-refractivity contribution is 5.15. The molecule has 0 aromatic heterocycles. The van der Waals surface area contributed by atoms with Crippen LogP contribution >= 0.6 is 0 Å². The van der Waals surface area contributed by atoms with E-state index in [2.05, 4.69) is 24.3 Å². The topological polar surface area (TPSA) is 18.5 Å². The van der Waals surface area contributed by atoms with E-state index in [1.165, 1.54) is 5.56 Å². The third kappa shape index (κ3) is 2.82. The van der Waals surface area contributed by atoms with Crippen molar-refractivity contribution in [2.75, 3.05) is 19.8 Å². The highest BCUT2D eigenvalue weighted by atomic mass is 16.5. The Labute approximate surface area is 84.8 Å². The molecule has 0 aliphatic carbocycles. The van der Waals surface area contributed by atoms with Crippen LogP contribution in [0.15, 0.2) is 30.3 Å². The highest BCUT2D eigenvalue weighted by Crippen LogP contribution is 2.09. The summed E-state index contributed by atoms with van der Waals surface area (Å²) in [5.74, 6) is 0. The van der Waals surface area contributed by atoms with Crippen LogP contribution in [0.1, 0.15) is 12.0 Å². The SMILES string of the molecule is c1ccc(CC2COCCCO2)cc1. The standard InChI is InChI=1S/C12H16O2/c1-2-5-11(6-3-1)9-12-10-13-7-4-8-14-12/h1-3,5-6,12H,4,7-10H2. The predicted octanol–water partition coefficient (Wildman–Crippen LogP) is 2.03. The minimum absolute atomic E-state index is 0.236. The predicted molar refractivity (Wildman–Crippen MR) is 55.3 cm³/mol. The van der Waals surface area contributed by atoms with E-state index >= 15 is 0 Å². The first-order valence-corrected chi connectivity index (χ1v) is 5.18. The van der Waals surface area contributed by atoms with E-state index < -0.39 is 0 Å². The average Bonchev–Trinajstić information content (AvgIpc) is 2.48. The van der Waals surface area contributed by atoms with Crippen LogP contribution in [-0.4, -0.2) is 25.9 Å². The van der Waals surface area contributed by atoms with E-state index in [0.29, 0.717) is 0 Å². The minimum Gasteiger partial charge on any atom is -0.379 e. The van der Waals surface area contributed by atoms with Gasteiger partial charge in [-0.25, -0.2) is 0 Å². The summed E-state index contributed by atoms with van der Waals surface area (Å²) in [4.78, 5) is 0. The lowest BCUT2D eigenvalue weighted by Crippen LogP contribution is -2.20. The van der Waals surface area contributed by atoms with Crippen LogP contribution in [0, 0.1) is 0 Å². The second-order valence-electron chi connectivity index (χ2n) is 3.61. The van der Waals surface area contributed by atoms with Crippen molar-refractivity contribution in [1.82, 2.24) is 0 Å². The molecule has 0 amide bonds. The zero-order chi connectivity index (χ0) is 9.64. The van der Waals surface area contributed by atoms with Crippen molar-refractivity contribution in [3.05, 3.63) is 35.9 Å². The quantitative estimate of drug-likeness (QED) is 0.714. The lowest BCUT2D eigenvalue weighted by molar-refractivity contribution is 0.0268. The Morgan fingerprint density at radius 1 is 1.14 bits per heavy atom. The number of hydrogen-bond donors (Lipinski definition) is 0. The molecule has 0 bridgehead atoms. The van der Waals surface area contributed by atoms with E-state index in [-0.39, 0.29) is 6.10 Å². The van der Waals surface area contributed by atoms with Gasteiger partial charge in [0, 0.05) is 19.6 Å². The van der Waals surface area contributed by atoms with Crippen molar-refractivity contribution in [1.29, 1.82) is 0 Å². The molecule has 1 aromatic carbocycles. The van der Waals surface area contributed by atoms with Gasteiger partial charge in [0.25, 0.3) is 0 Å². The summed E-state index contributed by atoms with van der Waals surface area (Å²) in [6.07, 6.45) is 2.21. The maximum absolute atomic E-state index is 5.68. The first-order chi connectivity index (χ1) is 6.95. The first kappa shape index (κ1) is 9.69. The normalized spacial score (nSPS) is 23.0. The second-order valence-corrected chi connectivity index (χ2v) is 3.61. The van der Waals surface area contributed by atoms with Gasteiger partial charge in [0.15, 0.2) is 0 Å². The zero-order valence-electron chi connectivity index (χ0n) is 8.32. The Balaban J connectivity index is 1.90. The van der Waals surface area contributed by atoms with Crippen molar-refractivity contribution < 1.29 is 9.47 Å².